The highest BCUT2D eigenvalue weighted by atomic mass is 32.2. The third-order valence-electron chi connectivity index (χ3n) is 3.99. The Hall–Kier alpha value is -0.250. The van der Waals surface area contributed by atoms with Gasteiger partial charge in [0.2, 0.25) is 0 Å². The zero-order chi connectivity index (χ0) is 13.9. The minimum absolute atomic E-state index is 0.468. The highest BCUT2D eigenvalue weighted by Crippen LogP contribution is 2.18. The summed E-state index contributed by atoms with van der Waals surface area (Å²) >= 11 is 0. The zero-order valence-corrected chi connectivity index (χ0v) is 12.4. The average molecular weight is 291 g/mol. The molecule has 2 rings (SSSR count). The van der Waals surface area contributed by atoms with Crippen molar-refractivity contribution in [3.05, 3.63) is 0 Å². The van der Waals surface area contributed by atoms with Crippen LogP contribution in [0.1, 0.15) is 12.8 Å². The van der Waals surface area contributed by atoms with E-state index in [0.717, 1.165) is 39.0 Å². The molecule has 0 unspecified atom stereocenters. The Bertz CT molecular complexity index is 373. The third-order valence-corrected chi connectivity index (χ3v) is 5.53. The van der Waals surface area contributed by atoms with Crippen LogP contribution < -0.4 is 10.6 Å². The zero-order valence-electron chi connectivity index (χ0n) is 11.6. The average Bonchev–Trinajstić information content (AvgIpc) is 2.41. The number of rotatable bonds is 4. The van der Waals surface area contributed by atoms with Gasteiger partial charge in [-0.3, -0.25) is 0 Å². The summed E-state index contributed by atoms with van der Waals surface area (Å²) < 4.78 is 26.1. The predicted molar refractivity (Wildman–Crippen MR) is 74.5 cm³/mol. The van der Waals surface area contributed by atoms with E-state index in [1.807, 2.05) is 7.05 Å². The summed E-state index contributed by atoms with van der Waals surface area (Å²) in [4.78, 5) is 4.88. The van der Waals surface area contributed by atoms with E-state index in [1.165, 1.54) is 4.31 Å². The highest BCUT2D eigenvalue weighted by molar-refractivity contribution is 7.87. The lowest BCUT2D eigenvalue weighted by molar-refractivity contribution is 0.130. The molecule has 0 radical (unpaired) electrons. The highest BCUT2D eigenvalue weighted by Gasteiger charge is 2.29. The van der Waals surface area contributed by atoms with Crippen molar-refractivity contribution in [3.63, 3.8) is 0 Å². The van der Waals surface area contributed by atoms with E-state index in [9.17, 15) is 8.42 Å². The number of hydrogen-bond acceptors (Lipinski definition) is 5. The smallest absolute Gasteiger partial charge is 0.292 e. The van der Waals surface area contributed by atoms with Crippen LogP contribution in [-0.2, 0) is 10.2 Å². The molecule has 0 amide bonds. The lowest BCUT2D eigenvalue weighted by Crippen LogP contribution is -2.56. The minimum Gasteiger partial charge on any atom is -0.330 e. The van der Waals surface area contributed by atoms with Gasteiger partial charge >= 0.3 is 0 Å². The molecule has 2 aliphatic heterocycles. The molecule has 3 N–H and O–H groups in total. The molecule has 0 aliphatic carbocycles. The van der Waals surface area contributed by atoms with Gasteiger partial charge in [0.15, 0.2) is 0 Å². The number of hydrazine groups is 1. The largest absolute Gasteiger partial charge is 0.330 e. The van der Waals surface area contributed by atoms with Crippen molar-refractivity contribution in [2.45, 2.75) is 12.8 Å². The first-order chi connectivity index (χ1) is 9.01. The van der Waals surface area contributed by atoms with Crippen LogP contribution in [-0.4, -0.2) is 75.5 Å². The number of likely N-dealkylation sites (N-methyl/N-ethyl adjacent to an activating group) is 1. The molecular formula is C11H25N5O2S. The Morgan fingerprint density at radius 1 is 1.11 bits per heavy atom. The van der Waals surface area contributed by atoms with Crippen LogP contribution >= 0.6 is 0 Å². The molecule has 7 nitrogen and oxygen atoms in total. The topological polar surface area (TPSA) is 81.9 Å². The van der Waals surface area contributed by atoms with Crippen LogP contribution in [0.15, 0.2) is 0 Å². The molecule has 0 saturated carbocycles. The Morgan fingerprint density at radius 2 is 1.68 bits per heavy atom. The fraction of sp³-hybridized carbons (Fsp3) is 1.00. The van der Waals surface area contributed by atoms with Gasteiger partial charge in [-0.2, -0.15) is 12.7 Å². The molecule has 2 aliphatic rings. The number of nitrogens with one attached hydrogen (secondary N) is 1. The second-order valence-electron chi connectivity index (χ2n) is 5.46. The maximum atomic E-state index is 12.3. The van der Waals surface area contributed by atoms with Crippen molar-refractivity contribution in [2.75, 3.05) is 52.9 Å². The SMILES string of the molecule is CN1CCN(NS(=O)(=O)N2CCC(CN)CC2)CC1. The fourth-order valence-corrected chi connectivity index (χ4v) is 3.82. The summed E-state index contributed by atoms with van der Waals surface area (Å²) in [6.07, 6.45) is 1.72. The summed E-state index contributed by atoms with van der Waals surface area (Å²) in [5, 5.41) is 1.80. The van der Waals surface area contributed by atoms with E-state index in [0.29, 0.717) is 25.6 Å². The fourth-order valence-electron chi connectivity index (χ4n) is 2.50. The van der Waals surface area contributed by atoms with Gasteiger partial charge in [-0.1, -0.05) is 0 Å². The van der Waals surface area contributed by atoms with Gasteiger partial charge in [-0.15, -0.1) is 4.83 Å². The molecular weight excluding hydrogens is 266 g/mol. The molecule has 8 heteroatoms. The quantitative estimate of drug-likeness (QED) is 0.669. The molecule has 2 saturated heterocycles. The Labute approximate surface area is 115 Å². The predicted octanol–water partition coefficient (Wildman–Crippen LogP) is -1.35. The molecule has 0 spiro atoms. The number of piperazine rings is 1. The van der Waals surface area contributed by atoms with E-state index in [2.05, 4.69) is 9.73 Å². The molecule has 0 atom stereocenters. The summed E-state index contributed by atoms with van der Waals surface area (Å²) in [6.45, 7) is 5.04. The van der Waals surface area contributed by atoms with Gasteiger partial charge in [0.05, 0.1) is 0 Å². The van der Waals surface area contributed by atoms with Crippen LogP contribution in [0, 0.1) is 5.92 Å². The number of hydrogen-bond donors (Lipinski definition) is 2. The normalized spacial score (nSPS) is 25.8. The Morgan fingerprint density at radius 3 is 2.21 bits per heavy atom. The molecule has 0 aromatic rings. The summed E-state index contributed by atoms with van der Waals surface area (Å²) in [5.74, 6) is 0.468. The van der Waals surface area contributed by atoms with Crippen molar-refractivity contribution in [3.8, 4) is 0 Å². The molecule has 0 aromatic carbocycles. The van der Waals surface area contributed by atoms with E-state index in [4.69, 9.17) is 5.73 Å². The summed E-state index contributed by atoms with van der Waals surface area (Å²) in [7, 11) is -1.34. The molecule has 0 aromatic heterocycles. The van der Waals surface area contributed by atoms with Gasteiger partial charge < -0.3 is 10.6 Å². The summed E-state index contributed by atoms with van der Waals surface area (Å²) in [6, 6.07) is 0. The van der Waals surface area contributed by atoms with Crippen molar-refractivity contribution >= 4 is 10.2 Å². The van der Waals surface area contributed by atoms with Gasteiger partial charge in [0, 0.05) is 39.3 Å². The first-order valence-corrected chi connectivity index (χ1v) is 8.36. The van der Waals surface area contributed by atoms with Gasteiger partial charge in [0.25, 0.3) is 10.2 Å². The molecule has 19 heavy (non-hydrogen) atoms. The van der Waals surface area contributed by atoms with E-state index >= 15 is 0 Å². The van der Waals surface area contributed by atoms with Crippen LogP contribution in [0.3, 0.4) is 0 Å². The van der Waals surface area contributed by atoms with Crippen molar-refractivity contribution in [1.29, 1.82) is 0 Å². The van der Waals surface area contributed by atoms with E-state index in [-0.39, 0.29) is 0 Å². The lowest BCUT2D eigenvalue weighted by atomic mass is 9.99. The maximum absolute atomic E-state index is 12.3. The third kappa shape index (κ3) is 4.11. The first kappa shape index (κ1) is 15.1. The van der Waals surface area contributed by atoms with E-state index < -0.39 is 10.2 Å². The van der Waals surface area contributed by atoms with Gasteiger partial charge in [-0.25, -0.2) is 5.01 Å². The van der Waals surface area contributed by atoms with Crippen LogP contribution in [0.25, 0.3) is 0 Å². The van der Waals surface area contributed by atoms with Gasteiger partial charge in [0.1, 0.15) is 0 Å². The van der Waals surface area contributed by atoms with Crippen LogP contribution in [0.5, 0.6) is 0 Å². The first-order valence-electron chi connectivity index (χ1n) is 6.92. The van der Waals surface area contributed by atoms with Crippen LogP contribution in [0.4, 0.5) is 0 Å². The maximum Gasteiger partial charge on any atom is 0.292 e. The van der Waals surface area contributed by atoms with E-state index in [1.54, 1.807) is 5.01 Å². The van der Waals surface area contributed by atoms with Crippen molar-refractivity contribution in [1.82, 2.24) is 19.0 Å². The number of piperidine rings is 1. The second-order valence-corrected chi connectivity index (χ2v) is 7.11. The molecule has 112 valence electrons. The van der Waals surface area contributed by atoms with Gasteiger partial charge in [-0.05, 0) is 32.4 Å². The molecule has 2 heterocycles. The summed E-state index contributed by atoms with van der Waals surface area (Å²) in [5.41, 5.74) is 5.62. The van der Waals surface area contributed by atoms with Crippen molar-refractivity contribution < 1.29 is 8.42 Å². The number of nitrogens with two attached hydrogens (primary N) is 1. The standard InChI is InChI=1S/C11H25N5O2S/c1-14-6-8-15(9-7-14)13-19(17,18)16-4-2-11(10-12)3-5-16/h11,13H,2-10,12H2,1H3. The molecule has 0 bridgehead atoms. The molecule has 2 fully saturated rings. The second kappa shape index (κ2) is 6.47. The monoisotopic (exact) mass is 291 g/mol. The minimum atomic E-state index is -3.38. The Kier molecular flexibility index (Phi) is 5.15. The lowest BCUT2D eigenvalue weighted by Gasteiger charge is -2.35. The van der Waals surface area contributed by atoms with Crippen molar-refractivity contribution in [2.24, 2.45) is 11.7 Å². The van der Waals surface area contributed by atoms with Crippen LogP contribution in [0.2, 0.25) is 0 Å². The Balaban J connectivity index is 1.85. The number of nitrogens with zero attached hydrogens (tertiary/aromatic N) is 3.